The number of hydrogen-bond donors (Lipinski definition) is 1. The highest BCUT2D eigenvalue weighted by atomic mass is 16.5. The third kappa shape index (κ3) is 2.73. The molecule has 0 aromatic heterocycles. The normalized spacial score (nSPS) is 19.8. The first-order valence-corrected chi connectivity index (χ1v) is 7.95. The average Bonchev–Trinajstić information content (AvgIpc) is 2.79. The van der Waals surface area contributed by atoms with Crippen molar-refractivity contribution in [3.8, 4) is 11.5 Å². The molecule has 0 bridgehead atoms. The van der Waals surface area contributed by atoms with Gasteiger partial charge in [-0.25, -0.2) is 4.79 Å². The quantitative estimate of drug-likeness (QED) is 0.866. The second-order valence-electron chi connectivity index (χ2n) is 6.14. The van der Waals surface area contributed by atoms with Crippen LogP contribution in [0.1, 0.15) is 37.7 Å². The van der Waals surface area contributed by atoms with Crippen molar-refractivity contribution >= 4 is 11.9 Å². The maximum Gasteiger partial charge on any atom is 0.325 e. The number of rotatable bonds is 4. The van der Waals surface area contributed by atoms with Gasteiger partial charge >= 0.3 is 6.03 Å². The first-order chi connectivity index (χ1) is 11.1. The largest absolute Gasteiger partial charge is 0.497 e. The Labute approximate surface area is 135 Å². The van der Waals surface area contributed by atoms with Crippen molar-refractivity contribution in [1.82, 2.24) is 10.2 Å². The molecule has 6 heteroatoms. The average molecular weight is 318 g/mol. The van der Waals surface area contributed by atoms with Crippen LogP contribution in [0.3, 0.4) is 0 Å². The maximum absolute atomic E-state index is 12.8. The van der Waals surface area contributed by atoms with E-state index in [1.807, 2.05) is 0 Å². The van der Waals surface area contributed by atoms with Crippen molar-refractivity contribution < 1.29 is 19.1 Å². The van der Waals surface area contributed by atoms with Crippen LogP contribution in [0.4, 0.5) is 4.79 Å². The van der Waals surface area contributed by atoms with Crippen molar-refractivity contribution in [3.05, 3.63) is 23.8 Å². The van der Waals surface area contributed by atoms with Gasteiger partial charge < -0.3 is 14.8 Å². The summed E-state index contributed by atoms with van der Waals surface area (Å²) in [4.78, 5) is 26.5. The van der Waals surface area contributed by atoms with Gasteiger partial charge in [-0.05, 0) is 31.0 Å². The molecule has 0 radical (unpaired) electrons. The van der Waals surface area contributed by atoms with E-state index in [1.165, 1.54) is 4.90 Å². The van der Waals surface area contributed by atoms with Gasteiger partial charge in [0, 0.05) is 5.56 Å². The first-order valence-electron chi connectivity index (χ1n) is 7.95. The van der Waals surface area contributed by atoms with Crippen LogP contribution in [0.5, 0.6) is 11.5 Å². The third-order valence-corrected chi connectivity index (χ3v) is 4.77. The van der Waals surface area contributed by atoms with Crippen molar-refractivity contribution in [2.75, 3.05) is 14.2 Å². The SMILES string of the molecule is COc1ccc(OC)c(CN2C(=O)NC3(CCCCC3)C2=O)c1. The molecule has 1 aliphatic heterocycles. The summed E-state index contributed by atoms with van der Waals surface area (Å²) >= 11 is 0. The van der Waals surface area contributed by atoms with Crippen LogP contribution < -0.4 is 14.8 Å². The molecule has 2 fully saturated rings. The van der Waals surface area contributed by atoms with Crippen LogP contribution in [0.15, 0.2) is 18.2 Å². The van der Waals surface area contributed by atoms with E-state index in [4.69, 9.17) is 9.47 Å². The Bertz CT molecular complexity index is 623. The number of amides is 3. The number of methoxy groups -OCH3 is 2. The standard InChI is InChI=1S/C17H22N2O4/c1-22-13-6-7-14(23-2)12(10-13)11-19-15(20)17(18-16(19)21)8-4-3-5-9-17/h6-7,10H,3-5,8-9,11H2,1-2H3,(H,18,21). The summed E-state index contributed by atoms with van der Waals surface area (Å²) in [6.45, 7) is 0.187. The van der Waals surface area contributed by atoms with Gasteiger partial charge in [0.2, 0.25) is 0 Å². The minimum Gasteiger partial charge on any atom is -0.497 e. The lowest BCUT2D eigenvalue weighted by Gasteiger charge is -2.30. The Morgan fingerprint density at radius 1 is 1.13 bits per heavy atom. The predicted molar refractivity (Wildman–Crippen MR) is 84.4 cm³/mol. The summed E-state index contributed by atoms with van der Waals surface area (Å²) in [6, 6.07) is 5.05. The molecule has 1 aromatic rings. The lowest BCUT2D eigenvalue weighted by atomic mass is 9.82. The highest BCUT2D eigenvalue weighted by Crippen LogP contribution is 2.35. The minimum atomic E-state index is -0.693. The number of ether oxygens (including phenoxy) is 2. The lowest BCUT2D eigenvalue weighted by molar-refractivity contribution is -0.132. The molecule has 0 unspecified atom stereocenters. The smallest absolute Gasteiger partial charge is 0.325 e. The Morgan fingerprint density at radius 2 is 1.87 bits per heavy atom. The first kappa shape index (κ1) is 15.6. The van der Waals surface area contributed by atoms with Crippen LogP contribution in [0.2, 0.25) is 0 Å². The molecule has 1 aromatic carbocycles. The molecule has 1 aliphatic carbocycles. The Hall–Kier alpha value is -2.24. The monoisotopic (exact) mass is 318 g/mol. The molecule has 3 amide bonds. The molecule has 1 N–H and O–H groups in total. The summed E-state index contributed by atoms with van der Waals surface area (Å²) in [5, 5.41) is 2.92. The van der Waals surface area contributed by atoms with Crippen molar-refractivity contribution in [2.45, 2.75) is 44.2 Å². The Kier molecular flexibility index (Phi) is 4.15. The number of nitrogens with zero attached hydrogens (tertiary/aromatic N) is 1. The van der Waals surface area contributed by atoms with Crippen LogP contribution >= 0.6 is 0 Å². The summed E-state index contributed by atoms with van der Waals surface area (Å²) < 4.78 is 10.6. The molecule has 1 spiro atoms. The molecule has 124 valence electrons. The van der Waals surface area contributed by atoms with Crippen molar-refractivity contribution in [1.29, 1.82) is 0 Å². The second-order valence-corrected chi connectivity index (χ2v) is 6.14. The molecular weight excluding hydrogens is 296 g/mol. The van der Waals surface area contributed by atoms with Gasteiger partial charge in [0.05, 0.1) is 20.8 Å². The fourth-order valence-corrected chi connectivity index (χ4v) is 3.49. The number of carbonyl (C=O) groups is 2. The maximum atomic E-state index is 12.8. The van der Waals surface area contributed by atoms with E-state index >= 15 is 0 Å². The number of nitrogens with one attached hydrogen (secondary N) is 1. The number of carbonyl (C=O) groups excluding carboxylic acids is 2. The molecule has 1 saturated carbocycles. The second kappa shape index (κ2) is 6.10. The Balaban J connectivity index is 1.85. The zero-order chi connectivity index (χ0) is 16.4. The van der Waals surface area contributed by atoms with E-state index < -0.39 is 5.54 Å². The number of imide groups is 1. The van der Waals surface area contributed by atoms with Gasteiger partial charge in [0.1, 0.15) is 17.0 Å². The third-order valence-electron chi connectivity index (χ3n) is 4.77. The minimum absolute atomic E-state index is 0.118. The van der Waals surface area contributed by atoms with E-state index in [0.29, 0.717) is 11.5 Å². The van der Waals surface area contributed by atoms with E-state index in [-0.39, 0.29) is 18.5 Å². The van der Waals surface area contributed by atoms with E-state index in [2.05, 4.69) is 5.32 Å². The van der Waals surface area contributed by atoms with Crippen LogP contribution in [0.25, 0.3) is 0 Å². The van der Waals surface area contributed by atoms with E-state index in [0.717, 1.165) is 37.7 Å². The lowest BCUT2D eigenvalue weighted by Crippen LogP contribution is -2.48. The zero-order valence-electron chi connectivity index (χ0n) is 13.6. The van der Waals surface area contributed by atoms with E-state index in [1.54, 1.807) is 32.4 Å². The van der Waals surface area contributed by atoms with Crippen molar-refractivity contribution in [3.63, 3.8) is 0 Å². The molecule has 6 nitrogen and oxygen atoms in total. The topological polar surface area (TPSA) is 67.9 Å². The van der Waals surface area contributed by atoms with Gasteiger partial charge in [-0.15, -0.1) is 0 Å². The highest BCUT2D eigenvalue weighted by Gasteiger charge is 2.51. The zero-order valence-corrected chi connectivity index (χ0v) is 13.6. The molecule has 0 atom stereocenters. The van der Waals surface area contributed by atoms with Gasteiger partial charge in [0.25, 0.3) is 5.91 Å². The van der Waals surface area contributed by atoms with Gasteiger partial charge in [0.15, 0.2) is 0 Å². The van der Waals surface area contributed by atoms with Crippen molar-refractivity contribution in [2.24, 2.45) is 0 Å². The summed E-state index contributed by atoms with van der Waals surface area (Å²) in [5.41, 5.74) is 0.0600. The summed E-state index contributed by atoms with van der Waals surface area (Å²) in [7, 11) is 3.15. The van der Waals surface area contributed by atoms with Crippen LogP contribution in [-0.4, -0.2) is 36.6 Å². The van der Waals surface area contributed by atoms with E-state index in [9.17, 15) is 9.59 Å². The highest BCUT2D eigenvalue weighted by molar-refractivity contribution is 6.07. The summed E-state index contributed by atoms with van der Waals surface area (Å²) in [6.07, 6.45) is 4.52. The van der Waals surface area contributed by atoms with Crippen LogP contribution in [-0.2, 0) is 11.3 Å². The number of hydrogen-bond acceptors (Lipinski definition) is 4. The Morgan fingerprint density at radius 3 is 2.52 bits per heavy atom. The molecule has 23 heavy (non-hydrogen) atoms. The molecule has 1 saturated heterocycles. The van der Waals surface area contributed by atoms with Gasteiger partial charge in [-0.3, -0.25) is 9.69 Å². The van der Waals surface area contributed by atoms with Crippen LogP contribution in [0, 0.1) is 0 Å². The molecule has 1 heterocycles. The summed E-state index contributed by atoms with van der Waals surface area (Å²) in [5.74, 6) is 1.18. The fourth-order valence-electron chi connectivity index (χ4n) is 3.49. The van der Waals surface area contributed by atoms with Gasteiger partial charge in [-0.2, -0.15) is 0 Å². The molecule has 2 aliphatic rings. The molecular formula is C17H22N2O4. The van der Waals surface area contributed by atoms with Gasteiger partial charge in [-0.1, -0.05) is 19.3 Å². The fraction of sp³-hybridized carbons (Fsp3) is 0.529. The number of benzene rings is 1. The number of urea groups is 1. The molecule has 3 rings (SSSR count). The predicted octanol–water partition coefficient (Wildman–Crippen LogP) is 2.46.